The van der Waals surface area contributed by atoms with Gasteiger partial charge in [-0.1, -0.05) is 55.3 Å². The molecule has 1 saturated carbocycles. The molecule has 0 amide bonds. The fraction of sp³-hybridized carbons (Fsp3) is 0.357. The van der Waals surface area contributed by atoms with Crippen LogP contribution in [-0.2, 0) is 4.79 Å². The van der Waals surface area contributed by atoms with E-state index in [2.05, 4.69) is 0 Å². The number of allylic oxidation sites excluding steroid dienone is 1. The van der Waals surface area contributed by atoms with Gasteiger partial charge >= 0.3 is 0 Å². The van der Waals surface area contributed by atoms with Crippen molar-refractivity contribution in [2.24, 2.45) is 17.3 Å². The van der Waals surface area contributed by atoms with Crippen molar-refractivity contribution < 1.29 is 4.79 Å². The Kier molecular flexibility index (Phi) is 3.77. The van der Waals surface area contributed by atoms with Crippen molar-refractivity contribution in [3.8, 4) is 0 Å². The lowest BCUT2D eigenvalue weighted by molar-refractivity contribution is -0.113. The number of benzene rings is 1. The summed E-state index contributed by atoms with van der Waals surface area (Å²) >= 11 is 17.7. The monoisotopic (exact) mass is 302 g/mol. The van der Waals surface area contributed by atoms with Gasteiger partial charge in [-0.25, -0.2) is 0 Å². The lowest BCUT2D eigenvalue weighted by Crippen LogP contribution is -1.96. The van der Waals surface area contributed by atoms with E-state index in [1.54, 1.807) is 12.1 Å². The molecule has 0 heterocycles. The maximum Gasteiger partial charge on any atom is 0.225 e. The highest BCUT2D eigenvalue weighted by Gasteiger charge is 2.60. The Morgan fingerprint density at radius 2 is 1.78 bits per heavy atom. The zero-order valence-corrected chi connectivity index (χ0v) is 12.4. The summed E-state index contributed by atoms with van der Waals surface area (Å²) in [6.07, 6.45) is 1.91. The third-order valence-electron chi connectivity index (χ3n) is 3.60. The van der Waals surface area contributed by atoms with Crippen LogP contribution in [0.3, 0.4) is 0 Å². The second-order valence-corrected chi connectivity index (χ2v) is 6.37. The first-order chi connectivity index (χ1) is 8.34. The predicted octanol–water partition coefficient (Wildman–Crippen LogP) is 4.96. The van der Waals surface area contributed by atoms with Crippen molar-refractivity contribution in [1.82, 2.24) is 0 Å². The maximum atomic E-state index is 11.3. The largest absolute Gasteiger partial charge is 0.281 e. The summed E-state index contributed by atoms with van der Waals surface area (Å²) in [5.41, 5.74) is 0.787. The number of hydrogen-bond acceptors (Lipinski definition) is 1. The molecule has 4 heteroatoms. The molecular weight excluding hydrogens is 291 g/mol. The average Bonchev–Trinajstić information content (AvgIpc) is 2.81. The van der Waals surface area contributed by atoms with Gasteiger partial charge in [0.25, 0.3) is 0 Å². The van der Waals surface area contributed by atoms with Crippen LogP contribution in [0, 0.1) is 17.3 Å². The van der Waals surface area contributed by atoms with Gasteiger partial charge in [0.05, 0.1) is 0 Å². The predicted molar refractivity (Wildman–Crippen MR) is 76.9 cm³/mol. The minimum atomic E-state index is -0.290. The van der Waals surface area contributed by atoms with Crippen LogP contribution >= 0.6 is 34.8 Å². The first-order valence-electron chi connectivity index (χ1n) is 5.66. The van der Waals surface area contributed by atoms with Crippen LogP contribution in [0.4, 0.5) is 0 Å². The van der Waals surface area contributed by atoms with Crippen LogP contribution in [-0.4, -0.2) is 5.24 Å². The lowest BCUT2D eigenvalue weighted by atomic mass is 10.1. The average molecular weight is 304 g/mol. The quantitative estimate of drug-likeness (QED) is 0.721. The fourth-order valence-corrected chi connectivity index (χ4v) is 3.09. The van der Waals surface area contributed by atoms with Crippen molar-refractivity contribution in [2.45, 2.75) is 13.8 Å². The van der Waals surface area contributed by atoms with Gasteiger partial charge in [0.15, 0.2) is 0 Å². The van der Waals surface area contributed by atoms with Crippen LogP contribution in [0.25, 0.3) is 5.03 Å². The van der Waals surface area contributed by atoms with E-state index < -0.39 is 0 Å². The fourth-order valence-electron chi connectivity index (χ4n) is 2.29. The van der Waals surface area contributed by atoms with Gasteiger partial charge in [0.2, 0.25) is 5.24 Å². The van der Waals surface area contributed by atoms with Gasteiger partial charge in [0.1, 0.15) is 0 Å². The van der Waals surface area contributed by atoms with E-state index in [-0.39, 0.29) is 22.5 Å². The Morgan fingerprint density at radius 3 is 2.22 bits per heavy atom. The molecule has 2 rings (SSSR count). The van der Waals surface area contributed by atoms with Crippen molar-refractivity contribution in [1.29, 1.82) is 0 Å². The lowest BCUT2D eigenvalue weighted by Gasteiger charge is -2.01. The van der Waals surface area contributed by atoms with Gasteiger partial charge in [0, 0.05) is 16.0 Å². The highest BCUT2D eigenvalue weighted by molar-refractivity contribution is 6.64. The summed E-state index contributed by atoms with van der Waals surface area (Å²) in [4.78, 5) is 11.3. The third kappa shape index (κ3) is 2.59. The Bertz CT molecular complexity index is 502. The smallest absolute Gasteiger partial charge is 0.225 e. The molecule has 18 heavy (non-hydrogen) atoms. The molecule has 1 aliphatic carbocycles. The minimum absolute atomic E-state index is 0.102. The van der Waals surface area contributed by atoms with Gasteiger partial charge in [-0.3, -0.25) is 4.79 Å². The van der Waals surface area contributed by atoms with E-state index in [9.17, 15) is 4.79 Å². The number of halogens is 3. The summed E-state index contributed by atoms with van der Waals surface area (Å²) in [5, 5.41) is 1.01. The topological polar surface area (TPSA) is 17.1 Å². The van der Waals surface area contributed by atoms with E-state index in [4.69, 9.17) is 34.8 Å². The van der Waals surface area contributed by atoms with Crippen LogP contribution in [0.1, 0.15) is 19.4 Å². The number of rotatable bonds is 3. The molecule has 0 N–H and O–H groups in total. The highest BCUT2D eigenvalue weighted by Crippen LogP contribution is 2.60. The Labute approximate surface area is 122 Å². The summed E-state index contributed by atoms with van der Waals surface area (Å²) in [7, 11) is 0. The molecule has 0 spiro atoms. The molecule has 1 nitrogen and oxygen atoms in total. The van der Waals surface area contributed by atoms with Crippen molar-refractivity contribution in [3.63, 3.8) is 0 Å². The second kappa shape index (κ2) is 4.88. The molecule has 96 valence electrons. The van der Waals surface area contributed by atoms with Gasteiger partial charge < -0.3 is 0 Å². The summed E-state index contributed by atoms with van der Waals surface area (Å²) in [5.74, 6) is -0.0362. The van der Waals surface area contributed by atoms with Gasteiger partial charge in [-0.2, -0.15) is 0 Å². The summed E-state index contributed by atoms with van der Waals surface area (Å²) in [6.45, 7) is 4.04. The van der Waals surface area contributed by atoms with E-state index in [1.165, 1.54) is 0 Å². The molecule has 0 unspecified atom stereocenters. The molecule has 1 aromatic rings. The first kappa shape index (κ1) is 13.9. The van der Waals surface area contributed by atoms with Crippen LogP contribution in [0.5, 0.6) is 0 Å². The summed E-state index contributed by atoms with van der Waals surface area (Å²) in [6, 6.07) is 7.28. The van der Waals surface area contributed by atoms with E-state index in [0.717, 1.165) is 5.56 Å². The van der Waals surface area contributed by atoms with E-state index >= 15 is 0 Å². The zero-order valence-electron chi connectivity index (χ0n) is 10.1. The molecule has 2 atom stereocenters. The first-order valence-corrected chi connectivity index (χ1v) is 6.80. The highest BCUT2D eigenvalue weighted by atomic mass is 35.5. The SMILES string of the molecule is CC1(C)[C@H](C=C(Cl)c2ccc(Cl)cc2)[C@H]1C(=O)Cl. The molecule has 1 aromatic carbocycles. The molecule has 0 radical (unpaired) electrons. The normalized spacial score (nSPS) is 25.9. The van der Waals surface area contributed by atoms with Crippen molar-refractivity contribution >= 4 is 45.1 Å². The van der Waals surface area contributed by atoms with Crippen LogP contribution in [0.15, 0.2) is 30.3 Å². The van der Waals surface area contributed by atoms with Crippen molar-refractivity contribution in [2.75, 3.05) is 0 Å². The number of carbonyl (C=O) groups is 1. The van der Waals surface area contributed by atoms with Crippen LogP contribution < -0.4 is 0 Å². The van der Waals surface area contributed by atoms with Crippen molar-refractivity contribution in [3.05, 3.63) is 40.9 Å². The van der Waals surface area contributed by atoms with E-state index in [1.807, 2.05) is 32.1 Å². The molecule has 1 aliphatic rings. The second-order valence-electron chi connectivity index (χ2n) is 5.15. The summed E-state index contributed by atoms with van der Waals surface area (Å²) < 4.78 is 0. The standard InChI is InChI=1S/C14H13Cl3O/c1-14(2)10(12(14)13(17)18)7-11(16)8-3-5-9(15)6-4-8/h3-7,10,12H,1-2H3/t10-,12+/m1/s1. The van der Waals surface area contributed by atoms with Gasteiger partial charge in [-0.05, 0) is 40.6 Å². The number of hydrogen-bond donors (Lipinski definition) is 0. The molecule has 0 saturated heterocycles. The Balaban J connectivity index is 2.20. The molecule has 0 aromatic heterocycles. The van der Waals surface area contributed by atoms with Crippen LogP contribution in [0.2, 0.25) is 5.02 Å². The Hall–Kier alpha value is -0.500. The molecule has 0 bridgehead atoms. The molecule has 1 fully saturated rings. The van der Waals surface area contributed by atoms with E-state index in [0.29, 0.717) is 10.1 Å². The molecule has 0 aliphatic heterocycles. The third-order valence-corrected chi connectivity index (χ3v) is 4.43. The minimum Gasteiger partial charge on any atom is -0.281 e. The molecular formula is C14H13Cl3O. The van der Waals surface area contributed by atoms with Gasteiger partial charge in [-0.15, -0.1) is 0 Å². The maximum absolute atomic E-state index is 11.3. The zero-order chi connectivity index (χ0) is 13.5. The number of carbonyl (C=O) groups excluding carboxylic acids is 1. The Morgan fingerprint density at radius 1 is 1.22 bits per heavy atom.